The number of rotatable bonds is 6. The first-order valence-corrected chi connectivity index (χ1v) is 10.8. The van der Waals surface area contributed by atoms with E-state index in [9.17, 15) is 19.3 Å². The van der Waals surface area contributed by atoms with Crippen LogP contribution in [-0.2, 0) is 0 Å². The van der Waals surface area contributed by atoms with Gasteiger partial charge in [0.2, 0.25) is 11.6 Å². The molecule has 0 spiro atoms. The van der Waals surface area contributed by atoms with Crippen LogP contribution in [0.15, 0.2) is 59.3 Å². The average molecular weight is 516 g/mol. The molecule has 0 atom stereocenters. The molecule has 0 radical (unpaired) electrons. The van der Waals surface area contributed by atoms with Gasteiger partial charge in [-0.2, -0.15) is 0 Å². The minimum atomic E-state index is -0.575. The lowest BCUT2D eigenvalue weighted by atomic mass is 10.2. The Morgan fingerprint density at radius 2 is 1.70 bits per heavy atom. The van der Waals surface area contributed by atoms with E-state index in [2.05, 4.69) is 41.6 Å². The van der Waals surface area contributed by atoms with E-state index in [-0.39, 0.29) is 23.1 Å². The molecule has 1 saturated heterocycles. The van der Waals surface area contributed by atoms with Crippen molar-refractivity contribution >= 4 is 44.8 Å². The molecule has 1 amide bonds. The maximum Gasteiger partial charge on any atom is 0.355 e. The summed E-state index contributed by atoms with van der Waals surface area (Å²) < 4.78 is 13.8. The number of nitrogens with one attached hydrogen (secondary N) is 2. The number of nitrogens with zero attached hydrogens (tertiary/aromatic N) is 5. The second-order valence-corrected chi connectivity index (χ2v) is 8.02. The second-order valence-electron chi connectivity index (χ2n) is 7.16. The van der Waals surface area contributed by atoms with Gasteiger partial charge in [-0.1, -0.05) is 12.1 Å². The molecule has 2 heterocycles. The Kier molecular flexibility index (Phi) is 6.63. The highest BCUT2D eigenvalue weighted by atomic mass is 79.9. The number of nitro groups is 1. The number of benzene rings is 2. The predicted molar refractivity (Wildman–Crippen MR) is 125 cm³/mol. The SMILES string of the molecule is O=C(NNc1ncnc(N2CCN(c3ccc(F)cc3)CC2)c1[N+](=O)[O-])c1ccccc1Br. The maximum atomic E-state index is 13.2. The highest BCUT2D eigenvalue weighted by molar-refractivity contribution is 9.10. The molecule has 2 aromatic carbocycles. The Labute approximate surface area is 196 Å². The Hall–Kier alpha value is -3.80. The van der Waals surface area contributed by atoms with Crippen LogP contribution >= 0.6 is 15.9 Å². The molecule has 4 rings (SSSR count). The lowest BCUT2D eigenvalue weighted by Gasteiger charge is -2.36. The van der Waals surface area contributed by atoms with Crippen molar-refractivity contribution in [1.82, 2.24) is 15.4 Å². The number of hydrogen-bond acceptors (Lipinski definition) is 8. The number of amides is 1. The fourth-order valence-electron chi connectivity index (χ4n) is 3.52. The second kappa shape index (κ2) is 9.77. The Bertz CT molecular complexity index is 1170. The molecule has 0 bridgehead atoms. The van der Waals surface area contributed by atoms with E-state index in [1.54, 1.807) is 41.3 Å². The molecule has 12 heteroatoms. The molecule has 33 heavy (non-hydrogen) atoms. The summed E-state index contributed by atoms with van der Waals surface area (Å²) in [6.07, 6.45) is 1.21. The van der Waals surface area contributed by atoms with Crippen molar-refractivity contribution in [3.8, 4) is 0 Å². The highest BCUT2D eigenvalue weighted by Gasteiger charge is 2.29. The molecule has 0 aliphatic carbocycles. The largest absolute Gasteiger partial charge is 0.368 e. The fraction of sp³-hybridized carbons (Fsp3) is 0.190. The molecule has 170 valence electrons. The maximum absolute atomic E-state index is 13.2. The monoisotopic (exact) mass is 515 g/mol. The van der Waals surface area contributed by atoms with Crippen LogP contribution in [0.3, 0.4) is 0 Å². The van der Waals surface area contributed by atoms with Crippen LogP contribution in [0.4, 0.5) is 27.4 Å². The van der Waals surface area contributed by atoms with Crippen molar-refractivity contribution in [3.05, 3.63) is 80.8 Å². The molecule has 1 aromatic heterocycles. The first-order chi connectivity index (χ1) is 15.9. The number of halogens is 2. The third kappa shape index (κ3) is 5.00. The number of hydrazine groups is 1. The van der Waals surface area contributed by atoms with Gasteiger partial charge in [-0.3, -0.25) is 25.8 Å². The topological polar surface area (TPSA) is 117 Å². The van der Waals surface area contributed by atoms with Gasteiger partial charge in [0.1, 0.15) is 12.1 Å². The molecule has 1 aliphatic rings. The van der Waals surface area contributed by atoms with Crippen LogP contribution < -0.4 is 20.7 Å². The third-order valence-electron chi connectivity index (χ3n) is 5.17. The molecule has 0 saturated carbocycles. The Balaban J connectivity index is 1.49. The number of piperazine rings is 1. The summed E-state index contributed by atoms with van der Waals surface area (Å²) in [6, 6.07) is 13.0. The molecule has 1 aliphatic heterocycles. The molecule has 10 nitrogen and oxygen atoms in total. The van der Waals surface area contributed by atoms with Crippen molar-refractivity contribution < 1.29 is 14.1 Å². The smallest absolute Gasteiger partial charge is 0.355 e. The molecule has 1 fully saturated rings. The fourth-order valence-corrected chi connectivity index (χ4v) is 3.98. The summed E-state index contributed by atoms with van der Waals surface area (Å²) in [6.45, 7) is 2.10. The standard InChI is InChI=1S/C21H19BrFN7O3/c22-17-4-2-1-3-16(17)21(31)27-26-19-18(30(32)33)20(25-13-24-19)29-11-9-28(10-12-29)15-7-5-14(23)6-8-15/h1-8,13H,9-12H2,(H,27,31)(H,24,25,26). The summed E-state index contributed by atoms with van der Waals surface area (Å²) in [5, 5.41) is 11.9. The number of aromatic nitrogens is 2. The van der Waals surface area contributed by atoms with Gasteiger partial charge in [-0.05, 0) is 52.3 Å². The summed E-state index contributed by atoms with van der Waals surface area (Å²) in [5.74, 6) is -0.747. The van der Waals surface area contributed by atoms with Crippen molar-refractivity contribution in [2.24, 2.45) is 0 Å². The van der Waals surface area contributed by atoms with Crippen LogP contribution in [0.2, 0.25) is 0 Å². The molecule has 2 N–H and O–H groups in total. The molecular formula is C21H19BrFN7O3. The van der Waals surface area contributed by atoms with Crippen molar-refractivity contribution in [2.75, 3.05) is 41.4 Å². The van der Waals surface area contributed by atoms with E-state index >= 15 is 0 Å². The first-order valence-electron chi connectivity index (χ1n) is 10.00. The van der Waals surface area contributed by atoms with Crippen LogP contribution in [0, 0.1) is 15.9 Å². The van der Waals surface area contributed by atoms with Gasteiger partial charge in [-0.25, -0.2) is 14.4 Å². The van der Waals surface area contributed by atoms with Crippen LogP contribution in [0.1, 0.15) is 10.4 Å². The number of carbonyl (C=O) groups excluding carboxylic acids is 1. The number of anilines is 3. The zero-order valence-corrected chi connectivity index (χ0v) is 18.8. The van der Waals surface area contributed by atoms with Crippen LogP contribution in [-0.4, -0.2) is 47.0 Å². The highest BCUT2D eigenvalue weighted by Crippen LogP contribution is 2.32. The lowest BCUT2D eigenvalue weighted by molar-refractivity contribution is -0.383. The minimum absolute atomic E-state index is 0.119. The van der Waals surface area contributed by atoms with Gasteiger partial charge in [0.05, 0.1) is 10.5 Å². The van der Waals surface area contributed by atoms with E-state index in [1.165, 1.54) is 18.5 Å². The van der Waals surface area contributed by atoms with Gasteiger partial charge < -0.3 is 9.80 Å². The van der Waals surface area contributed by atoms with Gasteiger partial charge in [0.25, 0.3) is 5.91 Å². The predicted octanol–water partition coefficient (Wildman–Crippen LogP) is 3.37. The minimum Gasteiger partial charge on any atom is -0.368 e. The molecule has 0 unspecified atom stereocenters. The quantitative estimate of drug-likeness (QED) is 0.379. The van der Waals surface area contributed by atoms with Gasteiger partial charge >= 0.3 is 5.69 Å². The molecule has 3 aromatic rings. The van der Waals surface area contributed by atoms with Gasteiger partial charge in [-0.15, -0.1) is 0 Å². The van der Waals surface area contributed by atoms with E-state index < -0.39 is 10.8 Å². The van der Waals surface area contributed by atoms with Crippen molar-refractivity contribution in [2.45, 2.75) is 0 Å². The van der Waals surface area contributed by atoms with Crippen LogP contribution in [0.5, 0.6) is 0 Å². The first kappa shape index (κ1) is 22.4. The van der Waals surface area contributed by atoms with E-state index in [0.717, 1.165) is 5.69 Å². The number of hydrogen-bond donors (Lipinski definition) is 2. The summed E-state index contributed by atoms with van der Waals surface area (Å²) in [7, 11) is 0. The Morgan fingerprint density at radius 3 is 2.36 bits per heavy atom. The van der Waals surface area contributed by atoms with E-state index in [4.69, 9.17) is 0 Å². The average Bonchev–Trinajstić information content (AvgIpc) is 2.83. The Morgan fingerprint density at radius 1 is 1.03 bits per heavy atom. The van der Waals surface area contributed by atoms with Crippen LogP contribution in [0.25, 0.3) is 0 Å². The lowest BCUT2D eigenvalue weighted by Crippen LogP contribution is -2.47. The summed E-state index contributed by atoms with van der Waals surface area (Å²) in [5.41, 5.74) is 5.90. The van der Waals surface area contributed by atoms with Gasteiger partial charge in [0, 0.05) is 36.3 Å². The summed E-state index contributed by atoms with van der Waals surface area (Å²) >= 11 is 3.30. The zero-order valence-electron chi connectivity index (χ0n) is 17.2. The third-order valence-corrected chi connectivity index (χ3v) is 5.86. The van der Waals surface area contributed by atoms with E-state index in [0.29, 0.717) is 36.2 Å². The number of carbonyl (C=O) groups is 1. The zero-order chi connectivity index (χ0) is 23.4. The normalized spacial score (nSPS) is 13.5. The van der Waals surface area contributed by atoms with E-state index in [1.807, 2.05) is 0 Å². The van der Waals surface area contributed by atoms with Crippen molar-refractivity contribution in [1.29, 1.82) is 0 Å². The van der Waals surface area contributed by atoms with Crippen molar-refractivity contribution in [3.63, 3.8) is 0 Å². The summed E-state index contributed by atoms with van der Waals surface area (Å²) in [4.78, 5) is 35.7. The van der Waals surface area contributed by atoms with Gasteiger partial charge in [0.15, 0.2) is 0 Å². The molecular weight excluding hydrogens is 497 g/mol.